The number of nitrogen functional groups attached to an aromatic ring is 1. The van der Waals surface area contributed by atoms with Gasteiger partial charge in [0.25, 0.3) is 5.91 Å². The van der Waals surface area contributed by atoms with Crippen LogP contribution in [-0.4, -0.2) is 22.5 Å². The molecule has 1 fully saturated rings. The predicted molar refractivity (Wildman–Crippen MR) is 77.2 cm³/mol. The Morgan fingerprint density at radius 1 is 1.30 bits per heavy atom. The van der Waals surface area contributed by atoms with Gasteiger partial charge in [-0.3, -0.25) is 9.59 Å². The maximum Gasteiger partial charge on any atom is 0.305 e. The van der Waals surface area contributed by atoms with Crippen LogP contribution in [0.5, 0.6) is 0 Å². The first-order valence-electron chi connectivity index (χ1n) is 6.12. The van der Waals surface area contributed by atoms with Crippen molar-refractivity contribution < 1.29 is 14.7 Å². The van der Waals surface area contributed by atoms with Gasteiger partial charge in [-0.05, 0) is 31.4 Å². The molecule has 20 heavy (non-hydrogen) atoms. The van der Waals surface area contributed by atoms with E-state index >= 15 is 0 Å². The molecule has 1 aromatic carbocycles. The number of nitrogens with two attached hydrogens (primary N) is 1. The summed E-state index contributed by atoms with van der Waals surface area (Å²) in [7, 11) is 0. The third-order valence-corrected chi connectivity index (χ3v) is 4.15. The number of carboxylic acid groups (broad SMARTS) is 1. The maximum absolute atomic E-state index is 12.2. The van der Waals surface area contributed by atoms with Gasteiger partial charge in [0, 0.05) is 5.56 Å². The molecule has 0 atom stereocenters. The topological polar surface area (TPSA) is 92.4 Å². The largest absolute Gasteiger partial charge is 0.481 e. The average molecular weight is 317 g/mol. The molecule has 108 valence electrons. The lowest BCUT2D eigenvalue weighted by Crippen LogP contribution is -2.54. The summed E-state index contributed by atoms with van der Waals surface area (Å²) in [6.07, 6.45) is 2.12. The second-order valence-corrected chi connectivity index (χ2v) is 5.83. The molecule has 0 saturated heterocycles. The monoisotopic (exact) mass is 316 g/mol. The molecule has 1 amide bonds. The average Bonchev–Trinajstić information content (AvgIpc) is 2.31. The van der Waals surface area contributed by atoms with Crippen LogP contribution in [0.3, 0.4) is 0 Å². The van der Waals surface area contributed by atoms with Gasteiger partial charge >= 0.3 is 5.97 Å². The van der Waals surface area contributed by atoms with Gasteiger partial charge in [-0.1, -0.05) is 23.2 Å². The van der Waals surface area contributed by atoms with E-state index < -0.39 is 17.4 Å². The molecule has 4 N–H and O–H groups in total. The van der Waals surface area contributed by atoms with Gasteiger partial charge in [0.15, 0.2) is 0 Å². The number of aliphatic carboxylic acids is 1. The van der Waals surface area contributed by atoms with Crippen molar-refractivity contribution in [1.82, 2.24) is 5.32 Å². The summed E-state index contributed by atoms with van der Waals surface area (Å²) in [5.74, 6) is -1.33. The van der Waals surface area contributed by atoms with Crippen molar-refractivity contribution in [3.63, 3.8) is 0 Å². The van der Waals surface area contributed by atoms with Crippen LogP contribution in [0, 0.1) is 0 Å². The maximum atomic E-state index is 12.2. The van der Waals surface area contributed by atoms with E-state index in [1.165, 1.54) is 12.1 Å². The van der Waals surface area contributed by atoms with E-state index in [-0.39, 0.29) is 27.7 Å². The standard InChI is InChI=1S/C13H14Cl2N2O3/c14-8-4-7(5-9(15)11(8)16)12(20)17-13(2-1-3-13)6-10(18)19/h4-5H,1-3,6,16H2,(H,17,20)(H,18,19). The molecule has 1 saturated carbocycles. The van der Waals surface area contributed by atoms with Gasteiger partial charge in [0.05, 0.1) is 27.7 Å². The zero-order valence-electron chi connectivity index (χ0n) is 10.6. The number of benzene rings is 1. The van der Waals surface area contributed by atoms with E-state index in [0.717, 1.165) is 6.42 Å². The Bertz CT molecular complexity index is 548. The van der Waals surface area contributed by atoms with Crippen molar-refractivity contribution in [2.45, 2.75) is 31.2 Å². The van der Waals surface area contributed by atoms with Crippen molar-refractivity contribution in [3.8, 4) is 0 Å². The number of hydrogen-bond acceptors (Lipinski definition) is 3. The van der Waals surface area contributed by atoms with Gasteiger partial charge in [-0.25, -0.2) is 0 Å². The van der Waals surface area contributed by atoms with Crippen molar-refractivity contribution in [3.05, 3.63) is 27.7 Å². The summed E-state index contributed by atoms with van der Waals surface area (Å²) < 4.78 is 0. The second kappa shape index (κ2) is 5.50. The first-order valence-corrected chi connectivity index (χ1v) is 6.87. The molecule has 0 radical (unpaired) electrons. The van der Waals surface area contributed by atoms with Crippen LogP contribution < -0.4 is 11.1 Å². The highest BCUT2D eigenvalue weighted by Crippen LogP contribution is 2.36. The normalized spacial score (nSPS) is 16.3. The summed E-state index contributed by atoms with van der Waals surface area (Å²) in [6, 6.07) is 2.84. The zero-order chi connectivity index (χ0) is 14.9. The molecular formula is C13H14Cl2N2O3. The number of anilines is 1. The lowest BCUT2D eigenvalue weighted by molar-refractivity contribution is -0.139. The molecule has 1 aliphatic carbocycles. The molecule has 0 aliphatic heterocycles. The Balaban J connectivity index is 2.17. The Labute approximate surface area is 126 Å². The zero-order valence-corrected chi connectivity index (χ0v) is 12.1. The van der Waals surface area contributed by atoms with Gasteiger partial charge in [-0.2, -0.15) is 0 Å². The first-order chi connectivity index (χ1) is 9.33. The van der Waals surface area contributed by atoms with Gasteiger partial charge < -0.3 is 16.2 Å². The van der Waals surface area contributed by atoms with E-state index in [1.807, 2.05) is 0 Å². The molecule has 0 heterocycles. The van der Waals surface area contributed by atoms with Crippen molar-refractivity contribution in [1.29, 1.82) is 0 Å². The summed E-state index contributed by atoms with van der Waals surface area (Å²) in [6.45, 7) is 0. The van der Waals surface area contributed by atoms with Crippen LogP contribution in [0.4, 0.5) is 5.69 Å². The first kappa shape index (κ1) is 14.9. The Kier molecular flexibility index (Phi) is 4.11. The lowest BCUT2D eigenvalue weighted by atomic mass is 9.74. The van der Waals surface area contributed by atoms with E-state index in [0.29, 0.717) is 12.8 Å². The second-order valence-electron chi connectivity index (χ2n) is 5.01. The summed E-state index contributed by atoms with van der Waals surface area (Å²) in [5, 5.41) is 12.1. The van der Waals surface area contributed by atoms with Gasteiger partial charge in [0.2, 0.25) is 0 Å². The van der Waals surface area contributed by atoms with Crippen LogP contribution in [0.25, 0.3) is 0 Å². The minimum atomic E-state index is -0.932. The van der Waals surface area contributed by atoms with E-state index in [4.69, 9.17) is 34.0 Å². The molecule has 0 aromatic heterocycles. The van der Waals surface area contributed by atoms with Crippen molar-refractivity contribution >= 4 is 40.8 Å². The number of carboxylic acids is 1. The molecule has 2 rings (SSSR count). The van der Waals surface area contributed by atoms with Crippen molar-refractivity contribution in [2.24, 2.45) is 0 Å². The van der Waals surface area contributed by atoms with Gasteiger partial charge in [0.1, 0.15) is 0 Å². The predicted octanol–water partition coefficient (Wildman–Crippen LogP) is 2.70. The van der Waals surface area contributed by atoms with Gasteiger partial charge in [-0.15, -0.1) is 0 Å². The number of amides is 1. The highest BCUT2D eigenvalue weighted by atomic mass is 35.5. The summed E-state index contributed by atoms with van der Waals surface area (Å²) in [5.41, 5.74) is 5.43. The lowest BCUT2D eigenvalue weighted by Gasteiger charge is -2.41. The molecular weight excluding hydrogens is 303 g/mol. The fraction of sp³-hybridized carbons (Fsp3) is 0.385. The fourth-order valence-electron chi connectivity index (χ4n) is 2.27. The molecule has 7 heteroatoms. The fourth-order valence-corrected chi connectivity index (χ4v) is 2.75. The summed E-state index contributed by atoms with van der Waals surface area (Å²) >= 11 is 11.8. The third kappa shape index (κ3) is 2.99. The number of carbonyl (C=O) groups excluding carboxylic acids is 1. The number of rotatable bonds is 4. The number of carbonyl (C=O) groups is 2. The Morgan fingerprint density at radius 2 is 1.85 bits per heavy atom. The number of halogens is 2. The molecule has 0 bridgehead atoms. The number of hydrogen-bond donors (Lipinski definition) is 3. The molecule has 1 aliphatic rings. The van der Waals surface area contributed by atoms with Crippen LogP contribution in [0.1, 0.15) is 36.0 Å². The highest BCUT2D eigenvalue weighted by Gasteiger charge is 2.40. The molecule has 0 spiro atoms. The minimum absolute atomic E-state index is 0.0881. The highest BCUT2D eigenvalue weighted by molar-refractivity contribution is 6.39. The van der Waals surface area contributed by atoms with E-state index in [2.05, 4.69) is 5.32 Å². The van der Waals surface area contributed by atoms with Crippen LogP contribution >= 0.6 is 23.2 Å². The molecule has 5 nitrogen and oxygen atoms in total. The smallest absolute Gasteiger partial charge is 0.305 e. The SMILES string of the molecule is Nc1c(Cl)cc(C(=O)NC2(CC(=O)O)CCC2)cc1Cl. The van der Waals surface area contributed by atoms with E-state index in [9.17, 15) is 9.59 Å². The number of nitrogens with one attached hydrogen (secondary N) is 1. The molecule has 1 aromatic rings. The van der Waals surface area contributed by atoms with Crippen molar-refractivity contribution in [2.75, 3.05) is 5.73 Å². The minimum Gasteiger partial charge on any atom is -0.481 e. The van der Waals surface area contributed by atoms with Crippen LogP contribution in [0.2, 0.25) is 10.0 Å². The van der Waals surface area contributed by atoms with Crippen LogP contribution in [0.15, 0.2) is 12.1 Å². The third-order valence-electron chi connectivity index (χ3n) is 3.52. The van der Waals surface area contributed by atoms with Crippen LogP contribution in [-0.2, 0) is 4.79 Å². The summed E-state index contributed by atoms with van der Waals surface area (Å²) in [4.78, 5) is 23.1. The molecule has 0 unspecified atom stereocenters. The van der Waals surface area contributed by atoms with E-state index in [1.54, 1.807) is 0 Å². The quantitative estimate of drug-likeness (QED) is 0.744. The Morgan fingerprint density at radius 3 is 2.25 bits per heavy atom. The Hall–Kier alpha value is -1.46.